The zero-order chi connectivity index (χ0) is 25.3. The van der Waals surface area contributed by atoms with Crippen molar-refractivity contribution in [3.63, 3.8) is 0 Å². The Morgan fingerprint density at radius 1 is 0.857 bits per heavy atom. The molecule has 0 atom stereocenters. The van der Waals surface area contributed by atoms with E-state index in [1.54, 1.807) is 13.8 Å². The lowest BCUT2D eigenvalue weighted by Crippen LogP contribution is -2.30. The van der Waals surface area contributed by atoms with Crippen LogP contribution in [0.1, 0.15) is 47.1 Å². The second kappa shape index (κ2) is 9.38. The fraction of sp³-hybridized carbons (Fsp3) is 0.240. The van der Waals surface area contributed by atoms with Gasteiger partial charge < -0.3 is 9.47 Å². The summed E-state index contributed by atoms with van der Waals surface area (Å²) in [4.78, 5) is 39.3. The first-order valence-electron chi connectivity index (χ1n) is 11.0. The number of amides is 3. The van der Waals surface area contributed by atoms with Crippen molar-refractivity contribution in [1.82, 2.24) is 4.72 Å². The molecule has 1 N–H and O–H groups in total. The number of carbonyl (C=O) groups is 3. The lowest BCUT2D eigenvalue weighted by Gasteiger charge is -2.15. The van der Waals surface area contributed by atoms with Gasteiger partial charge in [0.25, 0.3) is 11.8 Å². The number of nitrogens with one attached hydrogen (secondary N) is 1. The van der Waals surface area contributed by atoms with Crippen molar-refractivity contribution in [3.8, 4) is 11.5 Å². The van der Waals surface area contributed by atoms with Gasteiger partial charge in [-0.2, -0.15) is 0 Å². The molecule has 0 radical (unpaired) electrons. The third kappa shape index (κ3) is 4.44. The molecule has 1 aliphatic rings. The molecule has 0 unspecified atom stereocenters. The molecule has 3 aromatic carbocycles. The number of rotatable bonds is 8. The molecule has 1 heterocycles. The van der Waals surface area contributed by atoms with Crippen LogP contribution in [0.25, 0.3) is 10.8 Å². The number of benzene rings is 3. The van der Waals surface area contributed by atoms with E-state index in [1.165, 1.54) is 24.3 Å². The molecule has 35 heavy (non-hydrogen) atoms. The zero-order valence-electron chi connectivity index (χ0n) is 19.5. The quantitative estimate of drug-likeness (QED) is 0.475. The van der Waals surface area contributed by atoms with Gasteiger partial charge in [-0.3, -0.25) is 19.1 Å². The highest BCUT2D eigenvalue weighted by atomic mass is 32.2. The topological polar surface area (TPSA) is 119 Å². The number of anilines is 1. The Hall–Kier alpha value is -3.92. The second-order valence-corrected chi connectivity index (χ2v) is 9.57. The van der Waals surface area contributed by atoms with Gasteiger partial charge >= 0.3 is 0 Å². The summed E-state index contributed by atoms with van der Waals surface area (Å²) in [5, 5.41) is 1.33. The van der Waals surface area contributed by atoms with Crippen molar-refractivity contribution in [2.45, 2.75) is 26.5 Å². The van der Waals surface area contributed by atoms with Gasteiger partial charge in [-0.1, -0.05) is 36.4 Å². The Kier molecular flexibility index (Phi) is 6.49. The van der Waals surface area contributed by atoms with Crippen LogP contribution in [-0.4, -0.2) is 39.4 Å². The van der Waals surface area contributed by atoms with E-state index in [4.69, 9.17) is 9.47 Å². The van der Waals surface area contributed by atoms with Gasteiger partial charge in [0.2, 0.25) is 15.9 Å². The van der Waals surface area contributed by atoms with Crippen LogP contribution in [0, 0.1) is 0 Å². The van der Waals surface area contributed by atoms with Crippen LogP contribution >= 0.6 is 0 Å². The lowest BCUT2D eigenvalue weighted by atomic mass is 9.99. The molecule has 10 heteroatoms. The van der Waals surface area contributed by atoms with E-state index in [0.717, 1.165) is 11.8 Å². The maximum atomic E-state index is 13.6. The average Bonchev–Trinajstić information content (AvgIpc) is 3.05. The van der Waals surface area contributed by atoms with Gasteiger partial charge in [0.05, 0.1) is 35.8 Å². The smallest absolute Gasteiger partial charge is 0.270 e. The zero-order valence-corrected chi connectivity index (χ0v) is 20.3. The molecule has 182 valence electrons. The maximum Gasteiger partial charge on any atom is 0.270 e. The molecule has 0 saturated carbocycles. The molecular weight excluding hydrogens is 472 g/mol. The molecule has 0 spiro atoms. The highest BCUT2D eigenvalue weighted by Crippen LogP contribution is 2.46. The van der Waals surface area contributed by atoms with Gasteiger partial charge in [0.1, 0.15) is 11.5 Å². The maximum absolute atomic E-state index is 13.6. The summed E-state index contributed by atoms with van der Waals surface area (Å²) in [6, 6.07) is 13.2. The van der Waals surface area contributed by atoms with E-state index in [-0.39, 0.29) is 16.8 Å². The first kappa shape index (κ1) is 24.2. The summed E-state index contributed by atoms with van der Waals surface area (Å²) < 4.78 is 37.7. The average molecular weight is 497 g/mol. The summed E-state index contributed by atoms with van der Waals surface area (Å²) in [6.07, 6.45) is 0. The molecule has 0 fully saturated rings. The van der Waals surface area contributed by atoms with Gasteiger partial charge in [0, 0.05) is 17.7 Å². The number of hydrogen-bond donors (Lipinski definition) is 1. The van der Waals surface area contributed by atoms with Crippen molar-refractivity contribution >= 4 is 44.2 Å². The fourth-order valence-corrected chi connectivity index (χ4v) is 5.28. The molecule has 3 aromatic rings. The highest BCUT2D eigenvalue weighted by Gasteiger charge is 2.43. The number of carbonyl (C=O) groups excluding carboxylic acids is 3. The summed E-state index contributed by atoms with van der Waals surface area (Å²) in [5.74, 6) is -1.59. The normalized spacial score (nSPS) is 13.2. The summed E-state index contributed by atoms with van der Waals surface area (Å²) >= 11 is 0. The number of ether oxygens (including phenoxy) is 2. The Balaban J connectivity index is 1.79. The van der Waals surface area contributed by atoms with Gasteiger partial charge in [-0.25, -0.2) is 13.3 Å². The third-order valence-corrected chi connectivity index (χ3v) is 6.69. The van der Waals surface area contributed by atoms with E-state index >= 15 is 0 Å². The number of nitrogens with zero attached hydrogens (tertiary/aromatic N) is 1. The standard InChI is InChI=1S/C25H24N2O7S/c1-4-33-22-18-8-6-7-9-19(18)23(34-5-2)21-20(22)24(29)27(25(21)30)17-12-10-16(11-13-17)14-35(31,32)26-15(3)28/h6-13H,4-5,14H2,1-3H3,(H,26,28). The minimum atomic E-state index is -3.86. The van der Waals surface area contributed by atoms with Crippen LogP contribution in [0.3, 0.4) is 0 Å². The summed E-state index contributed by atoms with van der Waals surface area (Å²) in [6.45, 7) is 5.29. The Morgan fingerprint density at radius 3 is 1.77 bits per heavy atom. The highest BCUT2D eigenvalue weighted by molar-refractivity contribution is 7.89. The molecule has 0 aromatic heterocycles. The Morgan fingerprint density at radius 2 is 1.34 bits per heavy atom. The molecule has 0 saturated heterocycles. The molecule has 3 amide bonds. The largest absolute Gasteiger partial charge is 0.492 e. The number of sulfonamides is 1. The molecule has 1 aliphatic heterocycles. The first-order valence-corrected chi connectivity index (χ1v) is 12.7. The monoisotopic (exact) mass is 496 g/mol. The predicted octanol–water partition coefficient (Wildman–Crippen LogP) is 3.40. The number of fused-ring (bicyclic) bond motifs is 2. The molecular formula is C25H24N2O7S. The first-order chi connectivity index (χ1) is 16.7. The van der Waals surface area contributed by atoms with Crippen molar-refractivity contribution in [1.29, 1.82) is 0 Å². The van der Waals surface area contributed by atoms with Crippen LogP contribution in [-0.2, 0) is 20.6 Å². The Labute approximate surface area is 202 Å². The molecule has 9 nitrogen and oxygen atoms in total. The van der Waals surface area contributed by atoms with Crippen molar-refractivity contribution in [2.75, 3.05) is 18.1 Å². The van der Waals surface area contributed by atoms with E-state index in [1.807, 2.05) is 29.0 Å². The number of imide groups is 1. The van der Waals surface area contributed by atoms with Crippen LogP contribution in [0.15, 0.2) is 48.5 Å². The van der Waals surface area contributed by atoms with Crippen molar-refractivity contribution in [2.24, 2.45) is 0 Å². The molecule has 0 aliphatic carbocycles. The minimum Gasteiger partial charge on any atom is -0.492 e. The van der Waals surface area contributed by atoms with E-state index in [9.17, 15) is 22.8 Å². The summed E-state index contributed by atoms with van der Waals surface area (Å²) in [5.41, 5.74) is 0.924. The van der Waals surface area contributed by atoms with Crippen LogP contribution in [0.5, 0.6) is 11.5 Å². The van der Waals surface area contributed by atoms with Crippen molar-refractivity contribution < 1.29 is 32.3 Å². The lowest BCUT2D eigenvalue weighted by molar-refractivity contribution is -0.117. The van der Waals surface area contributed by atoms with E-state index < -0.39 is 33.5 Å². The second-order valence-electron chi connectivity index (χ2n) is 7.85. The van der Waals surface area contributed by atoms with Crippen LogP contribution in [0.2, 0.25) is 0 Å². The molecule has 4 rings (SSSR count). The van der Waals surface area contributed by atoms with Gasteiger partial charge in [-0.05, 0) is 31.5 Å². The van der Waals surface area contributed by atoms with E-state index in [0.29, 0.717) is 41.0 Å². The van der Waals surface area contributed by atoms with E-state index in [2.05, 4.69) is 0 Å². The predicted molar refractivity (Wildman–Crippen MR) is 130 cm³/mol. The SMILES string of the molecule is CCOc1c2c(c(OCC)c3ccccc13)C(=O)N(c1ccc(CS(=O)(=O)NC(C)=O)cc1)C2=O. The molecule has 0 bridgehead atoms. The van der Waals surface area contributed by atoms with Gasteiger partial charge in [-0.15, -0.1) is 0 Å². The minimum absolute atomic E-state index is 0.135. The van der Waals surface area contributed by atoms with Crippen molar-refractivity contribution in [3.05, 3.63) is 65.2 Å². The fourth-order valence-electron chi connectivity index (χ4n) is 4.14. The van der Waals surface area contributed by atoms with Crippen LogP contribution < -0.4 is 19.1 Å². The Bertz CT molecular complexity index is 1380. The number of hydrogen-bond acceptors (Lipinski definition) is 7. The van der Waals surface area contributed by atoms with Gasteiger partial charge in [0.15, 0.2) is 0 Å². The summed E-state index contributed by atoms with van der Waals surface area (Å²) in [7, 11) is -3.86. The van der Waals surface area contributed by atoms with Crippen LogP contribution in [0.4, 0.5) is 5.69 Å². The third-order valence-electron chi connectivity index (χ3n) is 5.38.